The molecule has 0 radical (unpaired) electrons. The Bertz CT molecular complexity index is 1280. The number of aliphatic hydroxyl groups is 4. The second kappa shape index (κ2) is 16.4. The molecule has 2 rings (SSSR count). The van der Waals surface area contributed by atoms with E-state index in [-0.39, 0.29) is 36.0 Å². The predicted molar refractivity (Wildman–Crippen MR) is 169 cm³/mol. The highest BCUT2D eigenvalue weighted by Gasteiger charge is 2.71. The van der Waals surface area contributed by atoms with Gasteiger partial charge < -0.3 is 44.5 Å². The number of hydrogen-bond donors (Lipinski definition) is 5. The van der Waals surface area contributed by atoms with Crippen molar-refractivity contribution in [3.8, 4) is 0 Å². The Labute approximate surface area is 281 Å². The molecule has 2 aliphatic rings. The van der Waals surface area contributed by atoms with Gasteiger partial charge >= 0.3 is 29.8 Å². The van der Waals surface area contributed by atoms with Crippen molar-refractivity contribution in [2.45, 2.75) is 154 Å². The number of rotatable bonds is 15. The van der Waals surface area contributed by atoms with Crippen molar-refractivity contribution in [3.05, 3.63) is 22.8 Å². The lowest BCUT2D eigenvalue weighted by Crippen LogP contribution is -2.70. The number of esters is 4. The number of fused-ring (bicyclic) bond motifs is 1. The molecule has 0 unspecified atom stereocenters. The molecule has 2 aliphatic carbocycles. The summed E-state index contributed by atoms with van der Waals surface area (Å²) in [6, 6.07) is 0. The maximum atomic E-state index is 13.3. The fourth-order valence-corrected chi connectivity index (χ4v) is 6.65. The van der Waals surface area contributed by atoms with Gasteiger partial charge in [0, 0.05) is 31.8 Å². The molecule has 0 aromatic carbocycles. The van der Waals surface area contributed by atoms with Gasteiger partial charge in [0.1, 0.15) is 17.8 Å². The zero-order valence-corrected chi connectivity index (χ0v) is 29.1. The second-order valence-corrected chi connectivity index (χ2v) is 13.1. The van der Waals surface area contributed by atoms with Crippen molar-refractivity contribution < 1.29 is 68.5 Å². The number of aliphatic hydroxyl groups excluding tert-OH is 2. The SMILES string of the molecule is C/C=C(/C)C(=O)O[C@H]1C(C)=C2[C@H]([C@@H]1OC(=O)CCC[C@H](O)CCC)[C@@](C)(OC(C)=O)C[C@H](OC(=O)CCC)[C@](O)([C@](C)(O)C(=O)O)[C@H]2O. The number of carbonyl (C=O) groups excluding carboxylic acids is 4. The average molecular weight is 685 g/mol. The lowest BCUT2D eigenvalue weighted by molar-refractivity contribution is -0.247. The molecule has 9 atom stereocenters. The van der Waals surface area contributed by atoms with E-state index in [0.29, 0.717) is 19.3 Å². The molecular formula is C34H52O14. The van der Waals surface area contributed by atoms with Gasteiger partial charge in [-0.2, -0.15) is 0 Å². The van der Waals surface area contributed by atoms with E-state index in [1.807, 2.05) is 6.92 Å². The van der Waals surface area contributed by atoms with E-state index >= 15 is 0 Å². The maximum Gasteiger partial charge on any atom is 0.338 e. The molecular weight excluding hydrogens is 632 g/mol. The number of aliphatic carboxylic acids is 1. The van der Waals surface area contributed by atoms with Crippen molar-refractivity contribution >= 4 is 29.8 Å². The predicted octanol–water partition coefficient (Wildman–Crippen LogP) is 2.42. The minimum Gasteiger partial charge on any atom is -0.479 e. The number of carboxylic acid groups (broad SMARTS) is 1. The van der Waals surface area contributed by atoms with Crippen LogP contribution in [0.3, 0.4) is 0 Å². The van der Waals surface area contributed by atoms with Gasteiger partial charge in [-0.1, -0.05) is 26.3 Å². The number of carboxylic acids is 1. The summed E-state index contributed by atoms with van der Waals surface area (Å²) in [6.07, 6.45) is -5.23. The first-order valence-electron chi connectivity index (χ1n) is 16.4. The largest absolute Gasteiger partial charge is 0.479 e. The first-order chi connectivity index (χ1) is 22.2. The molecule has 0 saturated heterocycles. The van der Waals surface area contributed by atoms with Crippen LogP contribution in [0, 0.1) is 5.92 Å². The molecule has 0 aromatic heterocycles. The van der Waals surface area contributed by atoms with Crippen LogP contribution < -0.4 is 0 Å². The quantitative estimate of drug-likeness (QED) is 0.0723. The topological polar surface area (TPSA) is 223 Å². The second-order valence-electron chi connectivity index (χ2n) is 13.1. The third-order valence-electron chi connectivity index (χ3n) is 9.39. The molecule has 0 bridgehead atoms. The highest BCUT2D eigenvalue weighted by Crippen LogP contribution is 2.54. The van der Waals surface area contributed by atoms with Crippen molar-refractivity contribution in [1.29, 1.82) is 0 Å². The van der Waals surface area contributed by atoms with Crippen molar-refractivity contribution in [1.82, 2.24) is 0 Å². The summed E-state index contributed by atoms with van der Waals surface area (Å²) in [5.74, 6) is -6.71. The van der Waals surface area contributed by atoms with Crippen molar-refractivity contribution in [2.24, 2.45) is 5.92 Å². The molecule has 0 amide bonds. The summed E-state index contributed by atoms with van der Waals surface area (Å²) in [5.41, 5.74) is -8.28. The van der Waals surface area contributed by atoms with E-state index in [2.05, 4.69) is 0 Å². The number of ether oxygens (including phenoxy) is 4. The lowest BCUT2D eigenvalue weighted by atomic mass is 9.73. The van der Waals surface area contributed by atoms with E-state index in [0.717, 1.165) is 20.3 Å². The van der Waals surface area contributed by atoms with Gasteiger partial charge in [0.2, 0.25) is 0 Å². The van der Waals surface area contributed by atoms with Gasteiger partial charge in [0.25, 0.3) is 0 Å². The molecule has 0 heterocycles. The first kappa shape index (κ1) is 40.8. The first-order valence-corrected chi connectivity index (χ1v) is 16.4. The number of allylic oxidation sites excluding steroid dienone is 1. The lowest BCUT2D eigenvalue weighted by Gasteiger charge is -2.45. The van der Waals surface area contributed by atoms with E-state index in [1.165, 1.54) is 26.8 Å². The average Bonchev–Trinajstić information content (AvgIpc) is 3.22. The third kappa shape index (κ3) is 8.44. The summed E-state index contributed by atoms with van der Waals surface area (Å²) < 4.78 is 23.1. The van der Waals surface area contributed by atoms with Crippen LogP contribution in [-0.4, -0.2) is 103 Å². The Kier molecular flexibility index (Phi) is 13.9. The summed E-state index contributed by atoms with van der Waals surface area (Å²) in [6.45, 7) is 11.2. The van der Waals surface area contributed by atoms with Crippen LogP contribution in [0.15, 0.2) is 22.8 Å². The Hall–Kier alpha value is -3.33. The summed E-state index contributed by atoms with van der Waals surface area (Å²) in [5, 5.41) is 55.8. The fourth-order valence-electron chi connectivity index (χ4n) is 6.65. The van der Waals surface area contributed by atoms with Gasteiger partial charge in [0.15, 0.2) is 23.4 Å². The molecule has 14 heteroatoms. The van der Waals surface area contributed by atoms with Crippen molar-refractivity contribution in [2.75, 3.05) is 0 Å². The zero-order valence-electron chi connectivity index (χ0n) is 29.1. The molecule has 0 aromatic rings. The Morgan fingerprint density at radius 3 is 2.15 bits per heavy atom. The van der Waals surface area contributed by atoms with Gasteiger partial charge in [-0.25, -0.2) is 9.59 Å². The number of carbonyl (C=O) groups is 5. The van der Waals surface area contributed by atoms with Crippen LogP contribution in [0.25, 0.3) is 0 Å². The third-order valence-corrected chi connectivity index (χ3v) is 9.39. The normalized spacial score (nSPS) is 30.8. The fraction of sp³-hybridized carbons (Fsp3) is 0.735. The van der Waals surface area contributed by atoms with Crippen LogP contribution >= 0.6 is 0 Å². The van der Waals surface area contributed by atoms with Crippen LogP contribution in [0.4, 0.5) is 0 Å². The molecule has 272 valence electrons. The minimum absolute atomic E-state index is 0.0273. The summed E-state index contributed by atoms with van der Waals surface area (Å²) >= 11 is 0. The van der Waals surface area contributed by atoms with Crippen LogP contribution in [0.2, 0.25) is 0 Å². The van der Waals surface area contributed by atoms with Gasteiger partial charge in [-0.15, -0.1) is 0 Å². The molecule has 0 spiro atoms. The van der Waals surface area contributed by atoms with Crippen LogP contribution in [0.1, 0.15) is 107 Å². The Morgan fingerprint density at radius 1 is 1.02 bits per heavy atom. The standard InChI is InChI=1S/C34H52O14/c1-9-13-21(36)15-12-16-24(38)46-28-26-25(19(5)27(28)47-30(40)18(4)11-3)29(39)34(44,33(8,43)31(41)42)22(45-23(37)14-10-2)17-32(26,7)48-20(6)35/h11,21-22,26-29,36,39,43-44H,9-10,12-17H2,1-8H3,(H,41,42)/b18-11-/t21-,22+,26-,27+,28+,29+,32+,33-,34-/m1/s1. The molecule has 1 saturated carbocycles. The van der Waals surface area contributed by atoms with E-state index < -0.39 is 89.5 Å². The van der Waals surface area contributed by atoms with Gasteiger partial charge in [0.05, 0.1) is 12.0 Å². The smallest absolute Gasteiger partial charge is 0.338 e. The molecule has 1 fully saturated rings. The summed E-state index contributed by atoms with van der Waals surface area (Å²) in [4.78, 5) is 64.3. The minimum atomic E-state index is -3.18. The Balaban J connectivity index is 2.86. The molecule has 5 N–H and O–H groups in total. The Morgan fingerprint density at radius 2 is 1.62 bits per heavy atom. The van der Waals surface area contributed by atoms with E-state index in [9.17, 15) is 49.5 Å². The number of hydrogen-bond acceptors (Lipinski definition) is 13. The van der Waals surface area contributed by atoms with Crippen LogP contribution in [0.5, 0.6) is 0 Å². The maximum absolute atomic E-state index is 13.3. The molecule has 0 aliphatic heterocycles. The highest BCUT2D eigenvalue weighted by molar-refractivity contribution is 5.88. The van der Waals surface area contributed by atoms with Crippen molar-refractivity contribution in [3.63, 3.8) is 0 Å². The van der Waals surface area contributed by atoms with E-state index in [1.54, 1.807) is 13.8 Å². The molecule has 48 heavy (non-hydrogen) atoms. The van der Waals surface area contributed by atoms with Gasteiger partial charge in [-0.3, -0.25) is 14.4 Å². The van der Waals surface area contributed by atoms with Crippen LogP contribution in [-0.2, 0) is 42.9 Å². The molecule has 14 nitrogen and oxygen atoms in total. The van der Waals surface area contributed by atoms with Gasteiger partial charge in [-0.05, 0) is 71.4 Å². The van der Waals surface area contributed by atoms with E-state index in [4.69, 9.17) is 18.9 Å². The zero-order chi connectivity index (χ0) is 36.8. The monoisotopic (exact) mass is 684 g/mol. The summed E-state index contributed by atoms with van der Waals surface area (Å²) in [7, 11) is 0. The highest BCUT2D eigenvalue weighted by atomic mass is 16.6.